The van der Waals surface area contributed by atoms with Crippen LogP contribution in [0.25, 0.3) is 0 Å². The summed E-state index contributed by atoms with van der Waals surface area (Å²) < 4.78 is 0. The van der Waals surface area contributed by atoms with E-state index in [0.29, 0.717) is 5.92 Å². The number of hydrogen-bond acceptors (Lipinski definition) is 1. The van der Waals surface area contributed by atoms with Crippen LogP contribution >= 0.6 is 0 Å². The highest BCUT2D eigenvalue weighted by Gasteiger charge is 2.36. The topological polar surface area (TPSA) is 3.24 Å². The van der Waals surface area contributed by atoms with Gasteiger partial charge in [0, 0.05) is 19.6 Å². The van der Waals surface area contributed by atoms with Crippen molar-refractivity contribution in [2.75, 3.05) is 19.6 Å². The Hall–Kier alpha value is -0.820. The Morgan fingerprint density at radius 2 is 1.94 bits per heavy atom. The molecule has 100 valence electrons. The Labute approximate surface area is 112 Å². The first kappa shape index (κ1) is 13.6. The zero-order valence-electron chi connectivity index (χ0n) is 11.9. The molecule has 1 aliphatic carbocycles. The van der Waals surface area contributed by atoms with Crippen LogP contribution in [0.2, 0.25) is 0 Å². The van der Waals surface area contributed by atoms with Gasteiger partial charge in [-0.3, -0.25) is 0 Å². The van der Waals surface area contributed by atoms with Crippen molar-refractivity contribution in [2.24, 2.45) is 17.8 Å². The SMILES string of the molecule is C=C/C=C\C=C(/C)C(C)CN1CC2CCCC2C1. The van der Waals surface area contributed by atoms with Gasteiger partial charge in [0.25, 0.3) is 0 Å². The van der Waals surface area contributed by atoms with E-state index in [-0.39, 0.29) is 0 Å². The van der Waals surface area contributed by atoms with Gasteiger partial charge in [0.15, 0.2) is 0 Å². The van der Waals surface area contributed by atoms with E-state index < -0.39 is 0 Å². The highest BCUT2D eigenvalue weighted by atomic mass is 15.2. The van der Waals surface area contributed by atoms with Crippen LogP contribution in [0.1, 0.15) is 33.1 Å². The van der Waals surface area contributed by atoms with Gasteiger partial charge in [0.2, 0.25) is 0 Å². The molecule has 1 nitrogen and oxygen atoms in total. The van der Waals surface area contributed by atoms with E-state index in [2.05, 4.69) is 37.5 Å². The zero-order valence-corrected chi connectivity index (χ0v) is 11.9. The largest absolute Gasteiger partial charge is 0.302 e. The Bertz CT molecular complexity index is 328. The molecule has 0 amide bonds. The number of allylic oxidation sites excluding steroid dienone is 4. The van der Waals surface area contributed by atoms with Crippen molar-refractivity contribution in [3.05, 3.63) is 36.5 Å². The first-order chi connectivity index (χ1) is 8.70. The summed E-state index contributed by atoms with van der Waals surface area (Å²) in [5.41, 5.74) is 1.48. The third kappa shape index (κ3) is 3.35. The standard InChI is InChI=1S/C17H27N/c1-4-5-6-8-14(2)15(3)11-18-12-16-9-7-10-17(16)13-18/h4-6,8,15-17H,1,7,9-13H2,2-3H3/b6-5-,14-8+. The summed E-state index contributed by atoms with van der Waals surface area (Å²) in [6.07, 6.45) is 12.6. The number of likely N-dealkylation sites (tertiary alicyclic amines) is 1. The molecular formula is C17H27N. The molecule has 2 fully saturated rings. The van der Waals surface area contributed by atoms with Gasteiger partial charge in [0.05, 0.1) is 0 Å². The number of nitrogens with zero attached hydrogens (tertiary/aromatic N) is 1. The van der Waals surface area contributed by atoms with Crippen molar-refractivity contribution in [1.29, 1.82) is 0 Å². The molecule has 0 aromatic heterocycles. The molecule has 0 N–H and O–H groups in total. The quantitative estimate of drug-likeness (QED) is 0.661. The molecular weight excluding hydrogens is 218 g/mol. The third-order valence-corrected chi connectivity index (χ3v) is 4.72. The fourth-order valence-electron chi connectivity index (χ4n) is 3.46. The van der Waals surface area contributed by atoms with Crippen molar-refractivity contribution >= 4 is 0 Å². The average molecular weight is 245 g/mol. The molecule has 1 saturated carbocycles. The van der Waals surface area contributed by atoms with Crippen LogP contribution < -0.4 is 0 Å². The Morgan fingerprint density at radius 3 is 2.56 bits per heavy atom. The maximum absolute atomic E-state index is 3.69. The summed E-state index contributed by atoms with van der Waals surface area (Å²) in [4.78, 5) is 2.69. The van der Waals surface area contributed by atoms with E-state index >= 15 is 0 Å². The molecule has 2 aliphatic rings. The van der Waals surface area contributed by atoms with Gasteiger partial charge in [-0.2, -0.15) is 0 Å². The van der Waals surface area contributed by atoms with Crippen molar-refractivity contribution in [3.63, 3.8) is 0 Å². The molecule has 18 heavy (non-hydrogen) atoms. The number of rotatable bonds is 5. The summed E-state index contributed by atoms with van der Waals surface area (Å²) in [5.74, 6) is 2.70. The fourth-order valence-corrected chi connectivity index (χ4v) is 3.46. The first-order valence-corrected chi connectivity index (χ1v) is 7.39. The molecule has 1 heterocycles. The lowest BCUT2D eigenvalue weighted by molar-refractivity contribution is 0.282. The first-order valence-electron chi connectivity index (χ1n) is 7.39. The lowest BCUT2D eigenvalue weighted by Crippen LogP contribution is -2.27. The molecule has 0 radical (unpaired) electrons. The summed E-state index contributed by atoms with van der Waals surface area (Å²) in [5, 5.41) is 0. The van der Waals surface area contributed by atoms with E-state index in [1.54, 1.807) is 0 Å². The minimum absolute atomic E-state index is 0.665. The zero-order chi connectivity index (χ0) is 13.0. The normalized spacial score (nSPS) is 30.9. The van der Waals surface area contributed by atoms with Gasteiger partial charge in [-0.25, -0.2) is 0 Å². The second-order valence-corrected chi connectivity index (χ2v) is 6.10. The van der Waals surface area contributed by atoms with E-state index in [9.17, 15) is 0 Å². The van der Waals surface area contributed by atoms with Crippen LogP contribution in [0.15, 0.2) is 36.5 Å². The lowest BCUT2D eigenvalue weighted by atomic mass is 10.0. The van der Waals surface area contributed by atoms with Gasteiger partial charge < -0.3 is 4.90 Å². The lowest BCUT2D eigenvalue weighted by Gasteiger charge is -2.22. The van der Waals surface area contributed by atoms with Crippen LogP contribution in [0.3, 0.4) is 0 Å². The highest BCUT2D eigenvalue weighted by Crippen LogP contribution is 2.38. The minimum Gasteiger partial charge on any atom is -0.302 e. The predicted molar refractivity (Wildman–Crippen MR) is 79.5 cm³/mol. The second kappa shape index (κ2) is 6.38. The predicted octanol–water partition coefficient (Wildman–Crippen LogP) is 4.04. The van der Waals surface area contributed by atoms with Crippen molar-refractivity contribution in [1.82, 2.24) is 4.90 Å². The van der Waals surface area contributed by atoms with Crippen LogP contribution in [0, 0.1) is 17.8 Å². The van der Waals surface area contributed by atoms with E-state index in [4.69, 9.17) is 0 Å². The van der Waals surface area contributed by atoms with Gasteiger partial charge in [-0.1, -0.05) is 49.8 Å². The van der Waals surface area contributed by atoms with Gasteiger partial charge in [0.1, 0.15) is 0 Å². The summed E-state index contributed by atoms with van der Waals surface area (Å²) in [6.45, 7) is 12.2. The van der Waals surface area contributed by atoms with E-state index in [1.165, 1.54) is 44.5 Å². The third-order valence-electron chi connectivity index (χ3n) is 4.72. The monoisotopic (exact) mass is 245 g/mol. The van der Waals surface area contributed by atoms with Gasteiger partial charge >= 0.3 is 0 Å². The Kier molecular flexibility index (Phi) is 4.82. The minimum atomic E-state index is 0.665. The molecule has 2 rings (SSSR count). The molecule has 1 saturated heterocycles. The Balaban J connectivity index is 1.81. The van der Waals surface area contributed by atoms with Crippen molar-refractivity contribution in [3.8, 4) is 0 Å². The van der Waals surface area contributed by atoms with Crippen molar-refractivity contribution in [2.45, 2.75) is 33.1 Å². The number of hydrogen-bond donors (Lipinski definition) is 0. The van der Waals surface area contributed by atoms with Gasteiger partial charge in [-0.05, 0) is 37.5 Å². The molecule has 0 bridgehead atoms. The van der Waals surface area contributed by atoms with E-state index in [0.717, 1.165) is 11.8 Å². The van der Waals surface area contributed by atoms with Crippen LogP contribution in [-0.4, -0.2) is 24.5 Å². The highest BCUT2D eigenvalue weighted by molar-refractivity contribution is 5.16. The van der Waals surface area contributed by atoms with Crippen LogP contribution in [0.5, 0.6) is 0 Å². The molecule has 0 aromatic carbocycles. The van der Waals surface area contributed by atoms with Gasteiger partial charge in [-0.15, -0.1) is 0 Å². The second-order valence-electron chi connectivity index (χ2n) is 6.10. The molecule has 3 atom stereocenters. The summed E-state index contributed by atoms with van der Waals surface area (Å²) >= 11 is 0. The van der Waals surface area contributed by atoms with Crippen LogP contribution in [-0.2, 0) is 0 Å². The number of fused-ring (bicyclic) bond motifs is 1. The van der Waals surface area contributed by atoms with Crippen LogP contribution in [0.4, 0.5) is 0 Å². The van der Waals surface area contributed by atoms with E-state index in [1.807, 2.05) is 12.2 Å². The maximum atomic E-state index is 3.69. The Morgan fingerprint density at radius 1 is 1.28 bits per heavy atom. The average Bonchev–Trinajstić information content (AvgIpc) is 2.89. The molecule has 3 unspecified atom stereocenters. The maximum Gasteiger partial charge on any atom is 0.00446 e. The molecule has 0 spiro atoms. The molecule has 0 aromatic rings. The van der Waals surface area contributed by atoms with Crippen molar-refractivity contribution < 1.29 is 0 Å². The molecule has 1 heteroatoms. The fraction of sp³-hybridized carbons (Fsp3) is 0.647. The summed E-state index contributed by atoms with van der Waals surface area (Å²) in [6, 6.07) is 0. The summed E-state index contributed by atoms with van der Waals surface area (Å²) in [7, 11) is 0. The smallest absolute Gasteiger partial charge is 0.00446 e. The molecule has 1 aliphatic heterocycles.